The van der Waals surface area contributed by atoms with E-state index in [1.54, 1.807) is 11.8 Å². The molecular weight excluding hydrogens is 312 g/mol. The minimum Gasteiger partial charge on any atom is -0.480 e. The topological polar surface area (TPSA) is 91.1 Å². The van der Waals surface area contributed by atoms with Gasteiger partial charge in [0.1, 0.15) is 12.3 Å². The summed E-state index contributed by atoms with van der Waals surface area (Å²) >= 11 is 0. The molecule has 2 heterocycles. The maximum atomic E-state index is 12.6. The Labute approximate surface area is 141 Å². The highest BCUT2D eigenvalue weighted by atomic mass is 16.4. The summed E-state index contributed by atoms with van der Waals surface area (Å²) in [5, 5.41) is 8.98. The number of likely N-dealkylation sites (tertiary alicyclic amines) is 1. The lowest BCUT2D eigenvalue weighted by molar-refractivity contribution is -0.145. The van der Waals surface area contributed by atoms with Crippen LogP contribution in [0.5, 0.6) is 0 Å². The molecule has 1 N–H and O–H groups in total. The maximum Gasteiger partial charge on any atom is 0.323 e. The number of rotatable bonds is 4. The quantitative estimate of drug-likeness (QED) is 0.905. The van der Waals surface area contributed by atoms with Gasteiger partial charge in [0, 0.05) is 31.6 Å². The molecule has 2 rings (SSSR count). The molecule has 1 aliphatic rings. The van der Waals surface area contributed by atoms with Crippen LogP contribution in [0.4, 0.5) is 0 Å². The molecule has 24 heavy (non-hydrogen) atoms. The van der Waals surface area contributed by atoms with E-state index in [9.17, 15) is 14.4 Å². The van der Waals surface area contributed by atoms with Gasteiger partial charge in [0.25, 0.3) is 5.91 Å². The van der Waals surface area contributed by atoms with Gasteiger partial charge in [-0.15, -0.1) is 0 Å². The van der Waals surface area contributed by atoms with E-state index in [2.05, 4.69) is 0 Å². The van der Waals surface area contributed by atoms with Gasteiger partial charge in [0.2, 0.25) is 5.91 Å². The number of carboxylic acids is 1. The Kier molecular flexibility index (Phi) is 5.64. The largest absolute Gasteiger partial charge is 0.480 e. The second kappa shape index (κ2) is 7.51. The average Bonchev–Trinajstić information content (AvgIpc) is 2.71. The lowest BCUT2D eigenvalue weighted by Gasteiger charge is -2.28. The molecule has 1 atom stereocenters. The van der Waals surface area contributed by atoms with E-state index in [4.69, 9.17) is 9.52 Å². The van der Waals surface area contributed by atoms with E-state index in [0.717, 1.165) is 12.0 Å². The molecule has 0 aromatic carbocycles. The van der Waals surface area contributed by atoms with Gasteiger partial charge in [0.05, 0.1) is 0 Å². The number of carboxylic acid groups (broad SMARTS) is 1. The van der Waals surface area contributed by atoms with Crippen molar-refractivity contribution < 1.29 is 23.9 Å². The van der Waals surface area contributed by atoms with Crippen LogP contribution in [0.25, 0.3) is 0 Å². The fourth-order valence-electron chi connectivity index (χ4n) is 3.23. The van der Waals surface area contributed by atoms with Crippen LogP contribution in [0.2, 0.25) is 0 Å². The summed E-state index contributed by atoms with van der Waals surface area (Å²) in [6, 6.07) is 1.67. The number of carbonyl (C=O) groups excluding carboxylic acids is 2. The summed E-state index contributed by atoms with van der Waals surface area (Å²) < 4.78 is 5.50. The van der Waals surface area contributed by atoms with Crippen molar-refractivity contribution in [3.05, 3.63) is 23.2 Å². The summed E-state index contributed by atoms with van der Waals surface area (Å²) in [6.07, 6.45) is 1.97. The Bertz CT molecular complexity index is 637. The Morgan fingerprint density at radius 2 is 2.00 bits per heavy atom. The molecule has 7 nitrogen and oxygen atoms in total. The highest BCUT2D eigenvalue weighted by molar-refractivity contribution is 5.93. The van der Waals surface area contributed by atoms with E-state index in [-0.39, 0.29) is 24.4 Å². The van der Waals surface area contributed by atoms with E-state index in [1.165, 1.54) is 11.8 Å². The van der Waals surface area contributed by atoms with Gasteiger partial charge >= 0.3 is 5.97 Å². The molecule has 0 saturated carbocycles. The van der Waals surface area contributed by atoms with Crippen LogP contribution < -0.4 is 0 Å². The summed E-state index contributed by atoms with van der Waals surface area (Å²) in [5.74, 6) is -0.356. The normalized spacial score (nSPS) is 18.1. The van der Waals surface area contributed by atoms with Crippen LogP contribution in [0.3, 0.4) is 0 Å². The summed E-state index contributed by atoms with van der Waals surface area (Å²) in [4.78, 5) is 38.5. The van der Waals surface area contributed by atoms with Gasteiger partial charge in [-0.05, 0) is 39.2 Å². The van der Waals surface area contributed by atoms with Crippen molar-refractivity contribution in [2.45, 2.75) is 46.1 Å². The van der Waals surface area contributed by atoms with Crippen LogP contribution >= 0.6 is 0 Å². The number of nitrogens with zero attached hydrogens (tertiary/aromatic N) is 2. The summed E-state index contributed by atoms with van der Waals surface area (Å²) in [5.41, 5.74) is 0.814. The Morgan fingerprint density at radius 1 is 1.29 bits per heavy atom. The van der Waals surface area contributed by atoms with E-state index in [1.807, 2.05) is 13.0 Å². The van der Waals surface area contributed by atoms with Crippen molar-refractivity contribution in [1.82, 2.24) is 9.80 Å². The molecule has 0 bridgehead atoms. The van der Waals surface area contributed by atoms with Crippen molar-refractivity contribution in [3.63, 3.8) is 0 Å². The number of hydrogen-bond acceptors (Lipinski definition) is 4. The maximum absolute atomic E-state index is 12.6. The zero-order chi connectivity index (χ0) is 17.9. The molecule has 1 aliphatic heterocycles. The Morgan fingerprint density at radius 3 is 2.54 bits per heavy atom. The highest BCUT2D eigenvalue weighted by Crippen LogP contribution is 2.21. The number of hydrogen-bond donors (Lipinski definition) is 1. The van der Waals surface area contributed by atoms with Crippen LogP contribution in [-0.4, -0.2) is 58.4 Å². The monoisotopic (exact) mass is 336 g/mol. The lowest BCUT2D eigenvalue weighted by atomic mass is 10.1. The van der Waals surface area contributed by atoms with Gasteiger partial charge in [-0.3, -0.25) is 14.4 Å². The number of aliphatic carboxylic acids is 1. The van der Waals surface area contributed by atoms with Crippen molar-refractivity contribution in [2.75, 3.05) is 19.6 Å². The van der Waals surface area contributed by atoms with E-state index in [0.29, 0.717) is 37.5 Å². The minimum absolute atomic E-state index is 0.145. The standard InChI is InChI=1S/C17H24N2O5/c1-11-9-12(2)24-16(11)17(23)18-7-4-5-14(6-8-18)19(13(3)20)10-15(21)22/h9,14H,4-8,10H2,1-3H3,(H,21,22)/t14-/m0/s1. The fourth-order valence-corrected chi connectivity index (χ4v) is 3.23. The molecule has 0 aliphatic carbocycles. The number of furan rings is 1. The molecule has 1 saturated heterocycles. The first-order chi connectivity index (χ1) is 11.3. The molecule has 7 heteroatoms. The van der Waals surface area contributed by atoms with Gasteiger partial charge < -0.3 is 19.3 Å². The molecular formula is C17H24N2O5. The number of carbonyl (C=O) groups is 3. The lowest BCUT2D eigenvalue weighted by Crippen LogP contribution is -2.43. The van der Waals surface area contributed by atoms with Crippen molar-refractivity contribution in [1.29, 1.82) is 0 Å². The average molecular weight is 336 g/mol. The summed E-state index contributed by atoms with van der Waals surface area (Å²) in [6.45, 7) is 5.78. The van der Waals surface area contributed by atoms with Crippen molar-refractivity contribution in [2.24, 2.45) is 0 Å². The van der Waals surface area contributed by atoms with Crippen molar-refractivity contribution >= 4 is 17.8 Å². The third-order valence-electron chi connectivity index (χ3n) is 4.37. The molecule has 1 fully saturated rings. The SMILES string of the molecule is CC(=O)N(CC(=O)O)[C@H]1CCCN(C(=O)c2oc(C)cc2C)CC1. The van der Waals surface area contributed by atoms with Crippen molar-refractivity contribution in [3.8, 4) is 0 Å². The smallest absolute Gasteiger partial charge is 0.323 e. The number of amides is 2. The summed E-state index contributed by atoms with van der Waals surface area (Å²) in [7, 11) is 0. The van der Waals surface area contributed by atoms with Gasteiger partial charge in [-0.1, -0.05) is 0 Å². The van der Waals surface area contributed by atoms with Crippen LogP contribution in [0.1, 0.15) is 48.1 Å². The first-order valence-electron chi connectivity index (χ1n) is 8.15. The zero-order valence-electron chi connectivity index (χ0n) is 14.4. The van der Waals surface area contributed by atoms with Crippen LogP contribution in [0, 0.1) is 13.8 Å². The second-order valence-corrected chi connectivity index (χ2v) is 6.29. The minimum atomic E-state index is -1.02. The second-order valence-electron chi connectivity index (χ2n) is 6.29. The molecule has 2 amide bonds. The molecule has 0 radical (unpaired) electrons. The van der Waals surface area contributed by atoms with Gasteiger partial charge in [0.15, 0.2) is 5.76 Å². The first-order valence-corrected chi connectivity index (χ1v) is 8.15. The zero-order valence-corrected chi connectivity index (χ0v) is 14.4. The predicted octanol–water partition coefficient (Wildman–Crippen LogP) is 1.82. The van der Waals surface area contributed by atoms with Gasteiger partial charge in [-0.2, -0.15) is 0 Å². The molecule has 132 valence electrons. The van der Waals surface area contributed by atoms with Crippen LogP contribution in [-0.2, 0) is 9.59 Å². The van der Waals surface area contributed by atoms with E-state index < -0.39 is 5.97 Å². The first kappa shape index (κ1) is 18.0. The van der Waals surface area contributed by atoms with Gasteiger partial charge in [-0.25, -0.2) is 0 Å². The molecule has 0 unspecified atom stereocenters. The molecule has 1 aromatic heterocycles. The third-order valence-corrected chi connectivity index (χ3v) is 4.37. The van der Waals surface area contributed by atoms with Crippen LogP contribution in [0.15, 0.2) is 10.5 Å². The third kappa shape index (κ3) is 4.15. The molecule has 1 aromatic rings. The van der Waals surface area contributed by atoms with E-state index >= 15 is 0 Å². The predicted molar refractivity (Wildman–Crippen MR) is 86.7 cm³/mol. The fraction of sp³-hybridized carbons (Fsp3) is 0.588. The molecule has 0 spiro atoms. The Hall–Kier alpha value is -2.31. The number of aryl methyl sites for hydroxylation is 2. The Balaban J connectivity index is 2.06. The highest BCUT2D eigenvalue weighted by Gasteiger charge is 2.29.